The van der Waals surface area contributed by atoms with Crippen molar-refractivity contribution < 1.29 is 4.79 Å². The van der Waals surface area contributed by atoms with Gasteiger partial charge in [0.15, 0.2) is 5.11 Å². The lowest BCUT2D eigenvalue weighted by Crippen LogP contribution is -2.32. The number of fused-ring (bicyclic) bond motifs is 1. The average Bonchev–Trinajstić information content (AvgIpc) is 2.63. The second kappa shape index (κ2) is 7.93. The van der Waals surface area contributed by atoms with Crippen LogP contribution in [0.5, 0.6) is 0 Å². The van der Waals surface area contributed by atoms with Crippen LogP contribution in [0.15, 0.2) is 66.7 Å². The molecule has 0 atom stereocenters. The minimum atomic E-state index is -0.265. The first kappa shape index (κ1) is 17.8. The molecule has 0 saturated heterocycles. The van der Waals surface area contributed by atoms with Crippen LogP contribution in [0.25, 0.3) is 16.8 Å². The van der Waals surface area contributed by atoms with Gasteiger partial charge in [-0.2, -0.15) is 0 Å². The van der Waals surface area contributed by atoms with Gasteiger partial charge < -0.3 is 5.32 Å². The zero-order valence-electron chi connectivity index (χ0n) is 14.7. The number of rotatable bonds is 3. The summed E-state index contributed by atoms with van der Waals surface area (Å²) >= 11 is 5.22. The highest BCUT2D eigenvalue weighted by molar-refractivity contribution is 7.80. The highest BCUT2D eigenvalue weighted by Gasteiger charge is 2.03. The van der Waals surface area contributed by atoms with Crippen LogP contribution in [-0.2, 0) is 4.79 Å². The van der Waals surface area contributed by atoms with Crippen molar-refractivity contribution in [3.63, 3.8) is 0 Å². The highest BCUT2D eigenvalue weighted by Crippen LogP contribution is 2.19. The predicted molar refractivity (Wildman–Crippen MR) is 113 cm³/mol. The zero-order chi connectivity index (χ0) is 18.5. The number of aryl methyl sites for hydroxylation is 2. The Labute approximate surface area is 158 Å². The van der Waals surface area contributed by atoms with Gasteiger partial charge in [0.05, 0.1) is 0 Å². The number of hydrogen-bond donors (Lipinski definition) is 2. The first-order valence-electron chi connectivity index (χ1n) is 8.38. The Balaban J connectivity index is 1.65. The largest absolute Gasteiger partial charge is 0.332 e. The van der Waals surface area contributed by atoms with Gasteiger partial charge in [0.1, 0.15) is 0 Å². The van der Waals surface area contributed by atoms with E-state index in [0.717, 1.165) is 22.0 Å². The van der Waals surface area contributed by atoms with E-state index >= 15 is 0 Å². The van der Waals surface area contributed by atoms with Gasteiger partial charge in [-0.3, -0.25) is 10.1 Å². The third kappa shape index (κ3) is 4.35. The van der Waals surface area contributed by atoms with Crippen LogP contribution in [0.3, 0.4) is 0 Å². The van der Waals surface area contributed by atoms with Crippen LogP contribution in [0, 0.1) is 13.8 Å². The van der Waals surface area contributed by atoms with Gasteiger partial charge in [0.2, 0.25) is 5.91 Å². The van der Waals surface area contributed by atoms with Gasteiger partial charge in [0.25, 0.3) is 0 Å². The molecule has 0 saturated carbocycles. The molecule has 26 heavy (non-hydrogen) atoms. The maximum absolute atomic E-state index is 12.1. The van der Waals surface area contributed by atoms with E-state index in [1.165, 1.54) is 17.2 Å². The van der Waals surface area contributed by atoms with Crippen LogP contribution < -0.4 is 10.6 Å². The van der Waals surface area contributed by atoms with Crippen molar-refractivity contribution >= 4 is 45.8 Å². The molecule has 3 aromatic rings. The third-order valence-corrected chi connectivity index (χ3v) is 4.44. The fourth-order valence-corrected chi connectivity index (χ4v) is 2.91. The minimum absolute atomic E-state index is 0.265. The quantitative estimate of drug-likeness (QED) is 0.511. The lowest BCUT2D eigenvalue weighted by Gasteiger charge is -2.10. The van der Waals surface area contributed by atoms with Crippen LogP contribution in [0.4, 0.5) is 5.69 Å². The maximum atomic E-state index is 12.1. The molecule has 0 radical (unpaired) electrons. The van der Waals surface area contributed by atoms with E-state index < -0.39 is 0 Å². The fourth-order valence-electron chi connectivity index (χ4n) is 2.70. The van der Waals surface area contributed by atoms with Gasteiger partial charge in [-0.1, -0.05) is 48.5 Å². The van der Waals surface area contributed by atoms with Crippen LogP contribution in [-0.4, -0.2) is 11.0 Å². The van der Waals surface area contributed by atoms with E-state index in [2.05, 4.69) is 29.7 Å². The van der Waals surface area contributed by atoms with Gasteiger partial charge in [-0.05, 0) is 71.7 Å². The SMILES string of the molecule is Cc1ccc(NC(=S)NC(=O)/C=C/c2cccc3ccccc23)cc1C. The fraction of sp³-hybridized carbons (Fsp3) is 0.0909. The number of carbonyl (C=O) groups excluding carboxylic acids is 1. The van der Waals surface area contributed by atoms with E-state index in [9.17, 15) is 4.79 Å². The third-order valence-electron chi connectivity index (χ3n) is 4.24. The predicted octanol–water partition coefficient (Wildman–Crippen LogP) is 4.98. The molecule has 3 rings (SSSR count). The van der Waals surface area contributed by atoms with E-state index in [-0.39, 0.29) is 11.0 Å². The molecule has 0 aliphatic rings. The van der Waals surface area contributed by atoms with Gasteiger partial charge >= 0.3 is 0 Å². The van der Waals surface area contributed by atoms with Crippen molar-refractivity contribution in [3.8, 4) is 0 Å². The van der Waals surface area contributed by atoms with Crippen molar-refractivity contribution in [1.82, 2.24) is 5.32 Å². The van der Waals surface area contributed by atoms with Crippen molar-refractivity contribution in [3.05, 3.63) is 83.4 Å². The molecule has 3 nitrogen and oxygen atoms in total. The minimum Gasteiger partial charge on any atom is -0.332 e. The molecule has 0 bridgehead atoms. The first-order chi connectivity index (χ1) is 12.5. The number of benzene rings is 3. The van der Waals surface area contributed by atoms with Crippen LogP contribution in [0.1, 0.15) is 16.7 Å². The molecule has 0 heterocycles. The summed E-state index contributed by atoms with van der Waals surface area (Å²) in [6.07, 6.45) is 3.30. The standard InChI is InChI=1S/C22H20N2OS/c1-15-10-12-19(14-16(15)2)23-22(26)24-21(25)13-11-18-8-5-7-17-6-3-4-9-20(17)18/h3-14H,1-2H3,(H2,23,24,25,26)/b13-11+. The monoisotopic (exact) mass is 360 g/mol. The molecule has 2 N–H and O–H groups in total. The number of nitrogens with one attached hydrogen (secondary N) is 2. The van der Waals surface area contributed by atoms with Gasteiger partial charge in [-0.15, -0.1) is 0 Å². The Morgan fingerprint density at radius 1 is 0.962 bits per heavy atom. The molecule has 0 aliphatic heterocycles. The number of carbonyl (C=O) groups is 1. The second-order valence-corrected chi connectivity index (χ2v) is 6.55. The molecular formula is C22H20N2OS. The number of anilines is 1. The Morgan fingerprint density at radius 2 is 1.73 bits per heavy atom. The Kier molecular flexibility index (Phi) is 5.44. The lowest BCUT2D eigenvalue weighted by atomic mass is 10.0. The van der Waals surface area contributed by atoms with E-state index in [1.807, 2.05) is 55.5 Å². The number of amides is 1. The molecule has 0 unspecified atom stereocenters. The summed E-state index contributed by atoms with van der Waals surface area (Å²) in [4.78, 5) is 12.1. The van der Waals surface area contributed by atoms with Crippen molar-refractivity contribution in [1.29, 1.82) is 0 Å². The number of hydrogen-bond acceptors (Lipinski definition) is 2. The van der Waals surface area contributed by atoms with Crippen molar-refractivity contribution in [2.45, 2.75) is 13.8 Å². The van der Waals surface area contributed by atoms with Gasteiger partial charge in [0, 0.05) is 11.8 Å². The van der Waals surface area contributed by atoms with Crippen molar-refractivity contribution in [2.24, 2.45) is 0 Å². The molecule has 4 heteroatoms. The molecule has 130 valence electrons. The topological polar surface area (TPSA) is 41.1 Å². The average molecular weight is 360 g/mol. The first-order valence-corrected chi connectivity index (χ1v) is 8.79. The van der Waals surface area contributed by atoms with E-state index in [0.29, 0.717) is 0 Å². The van der Waals surface area contributed by atoms with E-state index in [4.69, 9.17) is 12.2 Å². The normalized spacial score (nSPS) is 10.8. The molecule has 0 aliphatic carbocycles. The molecule has 3 aromatic carbocycles. The second-order valence-electron chi connectivity index (χ2n) is 6.14. The van der Waals surface area contributed by atoms with Crippen LogP contribution >= 0.6 is 12.2 Å². The maximum Gasteiger partial charge on any atom is 0.250 e. The summed E-state index contributed by atoms with van der Waals surface area (Å²) in [6.45, 7) is 4.09. The molecule has 0 spiro atoms. The summed E-state index contributed by atoms with van der Waals surface area (Å²) in [6, 6.07) is 20.0. The highest BCUT2D eigenvalue weighted by atomic mass is 32.1. The molecule has 0 aromatic heterocycles. The van der Waals surface area contributed by atoms with Crippen LogP contribution in [0.2, 0.25) is 0 Å². The Bertz CT molecular complexity index is 1000. The van der Waals surface area contributed by atoms with Crippen molar-refractivity contribution in [2.75, 3.05) is 5.32 Å². The van der Waals surface area contributed by atoms with Gasteiger partial charge in [-0.25, -0.2) is 0 Å². The summed E-state index contributed by atoms with van der Waals surface area (Å²) in [5.41, 5.74) is 4.23. The molecule has 1 amide bonds. The number of thiocarbonyl (C=S) groups is 1. The lowest BCUT2D eigenvalue weighted by molar-refractivity contribution is -0.115. The van der Waals surface area contributed by atoms with E-state index in [1.54, 1.807) is 6.08 Å². The smallest absolute Gasteiger partial charge is 0.250 e. The zero-order valence-corrected chi connectivity index (χ0v) is 15.6. The summed E-state index contributed by atoms with van der Waals surface area (Å²) < 4.78 is 0. The Morgan fingerprint density at radius 3 is 2.54 bits per heavy atom. The molecular weight excluding hydrogens is 340 g/mol. The summed E-state index contributed by atoms with van der Waals surface area (Å²) in [7, 11) is 0. The Hall–Kier alpha value is -2.98. The molecule has 0 fully saturated rings. The summed E-state index contributed by atoms with van der Waals surface area (Å²) in [5.74, 6) is -0.265. The summed E-state index contributed by atoms with van der Waals surface area (Å²) in [5, 5.41) is 8.24.